The Labute approximate surface area is 353 Å². The number of hydrogen-bond acceptors (Lipinski definition) is 1. The molecule has 0 bridgehead atoms. The van der Waals surface area contributed by atoms with Crippen molar-refractivity contribution in [2.45, 2.75) is 57.8 Å². The smallest absolute Gasteiger partial charge is 0.0544 e. The Bertz CT molecular complexity index is 3060. The molecule has 0 spiro atoms. The van der Waals surface area contributed by atoms with Crippen molar-refractivity contribution in [3.05, 3.63) is 209 Å². The van der Waals surface area contributed by atoms with E-state index in [1.807, 2.05) is 0 Å². The van der Waals surface area contributed by atoms with E-state index >= 15 is 0 Å². The maximum Gasteiger partial charge on any atom is 0.0544 e. The van der Waals surface area contributed by atoms with Crippen LogP contribution in [0, 0.1) is 0 Å². The van der Waals surface area contributed by atoms with Crippen LogP contribution < -0.4 is 4.90 Å². The van der Waals surface area contributed by atoms with Gasteiger partial charge in [0.05, 0.1) is 17.1 Å². The molecule has 288 valence electrons. The molecular formula is C59H47N. The molecular weight excluding hydrogens is 723 g/mol. The van der Waals surface area contributed by atoms with E-state index in [0.29, 0.717) is 0 Å². The van der Waals surface area contributed by atoms with E-state index in [0.717, 1.165) is 0 Å². The van der Waals surface area contributed by atoms with Gasteiger partial charge in [0.2, 0.25) is 0 Å². The molecule has 0 fully saturated rings. The molecule has 60 heavy (non-hydrogen) atoms. The van der Waals surface area contributed by atoms with Gasteiger partial charge in [-0.3, -0.25) is 0 Å². The minimum atomic E-state index is -0.319. The lowest BCUT2D eigenvalue weighted by Gasteiger charge is -2.55. The van der Waals surface area contributed by atoms with Gasteiger partial charge in [0.15, 0.2) is 0 Å². The van der Waals surface area contributed by atoms with Crippen LogP contribution in [0.5, 0.6) is 0 Å². The van der Waals surface area contributed by atoms with Crippen molar-refractivity contribution >= 4 is 38.6 Å². The van der Waals surface area contributed by atoms with Crippen LogP contribution in [-0.2, 0) is 16.2 Å². The highest BCUT2D eigenvalue weighted by atomic mass is 15.2. The van der Waals surface area contributed by atoms with Gasteiger partial charge in [-0.25, -0.2) is 0 Å². The lowest BCUT2D eigenvalue weighted by Crippen LogP contribution is -2.43. The summed E-state index contributed by atoms with van der Waals surface area (Å²) in [6.07, 6.45) is 0. The predicted octanol–water partition coefficient (Wildman–Crippen LogP) is 16.0. The van der Waals surface area contributed by atoms with Gasteiger partial charge in [-0.1, -0.05) is 169 Å². The standard InChI is InChI=1S/C59H47N/c1-57(2)48-26-17-27-49-54(48)60-55-50(57)32-42(46-30-40-24-15-13-22-38(40)28-44(46)36-18-9-7-10-19-36)34-52(55)59(5,6)53-35-43(33-51(56(53)60)58(49,3)4)47-31-41-25-16-14-23-39(41)29-45(47)37-20-11-8-12-21-37/h7-35H,1-6H3. The van der Waals surface area contributed by atoms with Crippen molar-refractivity contribution in [2.24, 2.45) is 0 Å². The van der Waals surface area contributed by atoms with E-state index in [4.69, 9.17) is 0 Å². The third-order valence-corrected chi connectivity index (χ3v) is 14.5. The molecule has 0 saturated heterocycles. The zero-order valence-corrected chi connectivity index (χ0v) is 35.2. The summed E-state index contributed by atoms with van der Waals surface area (Å²) in [4.78, 5) is 2.70. The fourth-order valence-electron chi connectivity index (χ4n) is 11.2. The predicted molar refractivity (Wildman–Crippen MR) is 254 cm³/mol. The molecule has 0 atom stereocenters. The van der Waals surface area contributed by atoms with Gasteiger partial charge in [-0.2, -0.15) is 0 Å². The molecule has 0 amide bonds. The summed E-state index contributed by atoms with van der Waals surface area (Å²) in [5.41, 5.74) is 21.7. The minimum absolute atomic E-state index is 0.234. The highest BCUT2D eigenvalue weighted by molar-refractivity contribution is 6.03. The number of rotatable bonds is 4. The SMILES string of the molecule is CC1(C)c2cccc3c2N2c4c1cc(-c1cc5ccccc5cc1-c1ccccc1)cc4C(C)(C)c1cc(-c4cc5ccccc5cc4-c4ccccc4)cc(c12)C3(C)C. The summed E-state index contributed by atoms with van der Waals surface area (Å²) < 4.78 is 0. The first-order valence-corrected chi connectivity index (χ1v) is 21.5. The van der Waals surface area contributed by atoms with Crippen LogP contribution in [0.4, 0.5) is 17.1 Å². The number of benzene rings is 9. The first-order chi connectivity index (χ1) is 29.0. The summed E-state index contributed by atoms with van der Waals surface area (Å²) in [6.45, 7) is 14.8. The molecule has 1 nitrogen and oxygen atoms in total. The molecule has 12 rings (SSSR count). The molecule has 0 unspecified atom stereocenters. The Hall–Kier alpha value is -6.70. The van der Waals surface area contributed by atoms with E-state index in [-0.39, 0.29) is 16.2 Å². The molecule has 3 aliphatic heterocycles. The fourth-order valence-corrected chi connectivity index (χ4v) is 11.2. The Morgan fingerprint density at radius 1 is 0.267 bits per heavy atom. The summed E-state index contributed by atoms with van der Waals surface area (Å²) in [5.74, 6) is 0. The Morgan fingerprint density at radius 3 is 0.900 bits per heavy atom. The van der Waals surface area contributed by atoms with Crippen molar-refractivity contribution in [1.82, 2.24) is 0 Å². The van der Waals surface area contributed by atoms with Crippen molar-refractivity contribution in [3.8, 4) is 44.5 Å². The zero-order valence-electron chi connectivity index (χ0n) is 35.2. The molecule has 1 heteroatoms. The minimum Gasteiger partial charge on any atom is -0.309 e. The summed E-state index contributed by atoms with van der Waals surface area (Å²) in [5, 5.41) is 5.04. The molecule has 0 N–H and O–H groups in total. The molecule has 0 aromatic heterocycles. The fraction of sp³-hybridized carbons (Fsp3) is 0.153. The van der Waals surface area contributed by atoms with E-state index in [9.17, 15) is 0 Å². The Morgan fingerprint density at radius 2 is 0.550 bits per heavy atom. The first kappa shape index (κ1) is 35.3. The van der Waals surface area contributed by atoms with Crippen LogP contribution in [-0.4, -0.2) is 0 Å². The topological polar surface area (TPSA) is 3.24 Å². The van der Waals surface area contributed by atoms with Gasteiger partial charge in [-0.05, 0) is 148 Å². The van der Waals surface area contributed by atoms with Gasteiger partial charge < -0.3 is 4.90 Å². The highest BCUT2D eigenvalue weighted by Crippen LogP contribution is 2.67. The van der Waals surface area contributed by atoms with Crippen LogP contribution in [0.3, 0.4) is 0 Å². The summed E-state index contributed by atoms with van der Waals surface area (Å²) >= 11 is 0. The third kappa shape index (κ3) is 4.75. The van der Waals surface area contributed by atoms with Crippen molar-refractivity contribution < 1.29 is 0 Å². The van der Waals surface area contributed by atoms with Gasteiger partial charge in [0, 0.05) is 16.2 Å². The van der Waals surface area contributed by atoms with E-state index < -0.39 is 0 Å². The van der Waals surface area contributed by atoms with Gasteiger partial charge in [0.1, 0.15) is 0 Å². The van der Waals surface area contributed by atoms with Crippen molar-refractivity contribution in [3.63, 3.8) is 0 Å². The average molecular weight is 770 g/mol. The number of anilines is 3. The molecule has 0 aliphatic carbocycles. The van der Waals surface area contributed by atoms with Gasteiger partial charge in [-0.15, -0.1) is 0 Å². The van der Waals surface area contributed by atoms with Crippen LogP contribution in [0.1, 0.15) is 74.9 Å². The number of fused-ring (bicyclic) bond motifs is 2. The molecule has 0 saturated carbocycles. The first-order valence-electron chi connectivity index (χ1n) is 21.5. The maximum atomic E-state index is 2.70. The summed E-state index contributed by atoms with van der Waals surface area (Å²) in [7, 11) is 0. The van der Waals surface area contributed by atoms with Crippen LogP contribution in [0.15, 0.2) is 176 Å². The normalized spacial score (nSPS) is 15.9. The second kappa shape index (κ2) is 12.2. The molecule has 3 aliphatic rings. The second-order valence-electron chi connectivity index (χ2n) is 19.0. The summed E-state index contributed by atoms with van der Waals surface area (Å²) in [6, 6.07) is 66.5. The van der Waals surface area contributed by atoms with E-state index in [2.05, 4.69) is 222 Å². The average Bonchev–Trinajstić information content (AvgIpc) is 3.27. The molecule has 9 aromatic carbocycles. The number of para-hydroxylation sites is 1. The Balaban J connectivity index is 1.18. The monoisotopic (exact) mass is 769 g/mol. The van der Waals surface area contributed by atoms with Crippen molar-refractivity contribution in [1.29, 1.82) is 0 Å². The molecule has 9 aromatic rings. The quantitative estimate of drug-likeness (QED) is 0.172. The van der Waals surface area contributed by atoms with Crippen LogP contribution >= 0.6 is 0 Å². The number of nitrogens with zero attached hydrogens (tertiary/aromatic N) is 1. The Kier molecular flexibility index (Phi) is 7.16. The lowest BCUT2D eigenvalue weighted by atomic mass is 9.60. The molecule has 3 heterocycles. The third-order valence-electron chi connectivity index (χ3n) is 14.5. The van der Waals surface area contributed by atoms with Crippen LogP contribution in [0.2, 0.25) is 0 Å². The van der Waals surface area contributed by atoms with Gasteiger partial charge in [0.25, 0.3) is 0 Å². The van der Waals surface area contributed by atoms with Gasteiger partial charge >= 0.3 is 0 Å². The lowest BCUT2D eigenvalue weighted by molar-refractivity contribution is 0.567. The largest absolute Gasteiger partial charge is 0.309 e. The van der Waals surface area contributed by atoms with E-state index in [1.54, 1.807) is 0 Å². The van der Waals surface area contributed by atoms with E-state index in [1.165, 1.54) is 116 Å². The molecule has 0 radical (unpaired) electrons. The maximum absolute atomic E-state index is 2.70. The zero-order chi connectivity index (χ0) is 40.7. The highest BCUT2D eigenvalue weighted by Gasteiger charge is 2.52. The number of hydrogen-bond donors (Lipinski definition) is 0. The van der Waals surface area contributed by atoms with Crippen LogP contribution in [0.25, 0.3) is 66.1 Å². The second-order valence-corrected chi connectivity index (χ2v) is 19.0. The van der Waals surface area contributed by atoms with Crippen molar-refractivity contribution in [2.75, 3.05) is 4.90 Å².